The Morgan fingerprint density at radius 1 is 1.27 bits per heavy atom. The van der Waals surface area contributed by atoms with E-state index in [1.54, 1.807) is 29.6 Å². The van der Waals surface area contributed by atoms with Crippen LogP contribution in [0.1, 0.15) is 5.56 Å². The van der Waals surface area contributed by atoms with Crippen molar-refractivity contribution in [3.8, 4) is 0 Å². The van der Waals surface area contributed by atoms with Gasteiger partial charge in [0.15, 0.2) is 0 Å². The molecular formula is C9H11ClO2S3. The molecule has 0 N–H and O–H groups in total. The lowest BCUT2D eigenvalue weighted by atomic mass is 10.2. The smallest absolute Gasteiger partial charge is 0.212 e. The van der Waals surface area contributed by atoms with Crippen molar-refractivity contribution in [3.05, 3.63) is 23.8 Å². The fourth-order valence-corrected chi connectivity index (χ4v) is 4.01. The zero-order valence-corrected chi connectivity index (χ0v) is 11.6. The molecule has 0 aliphatic heterocycles. The SMILES string of the molecule is CSc1cccc(CS(=O)(=O)Cl)c1SC. The van der Waals surface area contributed by atoms with E-state index in [-0.39, 0.29) is 5.75 Å². The van der Waals surface area contributed by atoms with Crippen LogP contribution in [0.4, 0.5) is 0 Å². The van der Waals surface area contributed by atoms with E-state index in [0.29, 0.717) is 0 Å². The van der Waals surface area contributed by atoms with Gasteiger partial charge in [0.1, 0.15) is 0 Å². The lowest BCUT2D eigenvalue weighted by Crippen LogP contribution is -1.97. The Morgan fingerprint density at radius 3 is 2.40 bits per heavy atom. The second-order valence-corrected chi connectivity index (χ2v) is 7.28. The van der Waals surface area contributed by atoms with Crippen LogP contribution < -0.4 is 0 Å². The Morgan fingerprint density at radius 2 is 1.93 bits per heavy atom. The van der Waals surface area contributed by atoms with Crippen LogP contribution >= 0.6 is 34.2 Å². The van der Waals surface area contributed by atoms with E-state index >= 15 is 0 Å². The van der Waals surface area contributed by atoms with Crippen LogP contribution in [0.25, 0.3) is 0 Å². The Labute approximate surface area is 103 Å². The number of hydrogen-bond donors (Lipinski definition) is 0. The molecule has 0 unspecified atom stereocenters. The van der Waals surface area contributed by atoms with Crippen molar-refractivity contribution >= 4 is 43.3 Å². The van der Waals surface area contributed by atoms with Gasteiger partial charge in [-0.05, 0) is 24.1 Å². The Kier molecular flexibility index (Phi) is 4.83. The van der Waals surface area contributed by atoms with E-state index in [0.717, 1.165) is 15.4 Å². The first-order valence-electron chi connectivity index (χ1n) is 4.10. The third-order valence-corrected chi connectivity index (χ3v) is 4.60. The lowest BCUT2D eigenvalue weighted by molar-refractivity contribution is 0.608. The first kappa shape index (κ1) is 13.2. The lowest BCUT2D eigenvalue weighted by Gasteiger charge is -2.09. The predicted octanol–water partition coefficient (Wildman–Crippen LogP) is 3.20. The highest BCUT2D eigenvalue weighted by molar-refractivity contribution is 8.13. The zero-order valence-electron chi connectivity index (χ0n) is 8.36. The minimum atomic E-state index is -3.49. The molecule has 0 radical (unpaired) electrons. The van der Waals surface area contributed by atoms with E-state index in [2.05, 4.69) is 0 Å². The fourth-order valence-electron chi connectivity index (χ4n) is 1.25. The van der Waals surface area contributed by atoms with E-state index < -0.39 is 9.05 Å². The minimum Gasteiger partial charge on any atom is -0.212 e. The maximum Gasteiger partial charge on any atom is 0.236 e. The highest BCUT2D eigenvalue weighted by Crippen LogP contribution is 2.32. The maximum atomic E-state index is 11.0. The average Bonchev–Trinajstić information content (AvgIpc) is 2.15. The number of thioether (sulfide) groups is 2. The Balaban J connectivity index is 3.18. The number of rotatable bonds is 4. The molecule has 0 amide bonds. The third kappa shape index (κ3) is 3.90. The summed E-state index contributed by atoms with van der Waals surface area (Å²) in [4.78, 5) is 2.08. The normalized spacial score (nSPS) is 11.7. The summed E-state index contributed by atoms with van der Waals surface area (Å²) in [6.45, 7) is 0. The summed E-state index contributed by atoms with van der Waals surface area (Å²) in [6, 6.07) is 5.62. The second-order valence-electron chi connectivity index (χ2n) is 2.84. The monoisotopic (exact) mass is 282 g/mol. The van der Waals surface area contributed by atoms with Gasteiger partial charge >= 0.3 is 0 Å². The predicted molar refractivity (Wildman–Crippen MR) is 68.5 cm³/mol. The molecule has 0 aromatic heterocycles. The van der Waals surface area contributed by atoms with Gasteiger partial charge in [-0.15, -0.1) is 23.5 Å². The third-order valence-electron chi connectivity index (χ3n) is 1.81. The van der Waals surface area contributed by atoms with Crippen LogP contribution in [0.3, 0.4) is 0 Å². The highest BCUT2D eigenvalue weighted by Gasteiger charge is 2.13. The molecule has 0 spiro atoms. The molecule has 1 aromatic rings. The van der Waals surface area contributed by atoms with Crippen LogP contribution in [0, 0.1) is 0 Å². The van der Waals surface area contributed by atoms with Crippen LogP contribution in [0.15, 0.2) is 28.0 Å². The van der Waals surface area contributed by atoms with Gasteiger partial charge in [0.2, 0.25) is 9.05 Å². The maximum absolute atomic E-state index is 11.0. The summed E-state index contributed by atoms with van der Waals surface area (Å²) in [5.41, 5.74) is 0.768. The van der Waals surface area contributed by atoms with Crippen LogP contribution in [-0.4, -0.2) is 20.9 Å². The standard InChI is InChI=1S/C9H11ClO2S3/c1-13-8-5-3-4-7(9(8)14-2)6-15(10,11)12/h3-5H,6H2,1-2H3. The topological polar surface area (TPSA) is 34.1 Å². The van der Waals surface area contributed by atoms with Gasteiger partial charge in [-0.1, -0.05) is 12.1 Å². The summed E-state index contributed by atoms with van der Waals surface area (Å²) < 4.78 is 22.0. The van der Waals surface area contributed by atoms with Gasteiger partial charge in [0, 0.05) is 20.5 Å². The fraction of sp³-hybridized carbons (Fsp3) is 0.333. The van der Waals surface area contributed by atoms with Gasteiger partial charge in [-0.2, -0.15) is 0 Å². The van der Waals surface area contributed by atoms with Crippen LogP contribution in [0.2, 0.25) is 0 Å². The quantitative estimate of drug-likeness (QED) is 0.627. The average molecular weight is 283 g/mol. The molecule has 6 heteroatoms. The van der Waals surface area contributed by atoms with Gasteiger partial charge in [0.25, 0.3) is 0 Å². The molecule has 2 nitrogen and oxygen atoms in total. The number of benzene rings is 1. The molecule has 1 aromatic carbocycles. The zero-order chi connectivity index (χ0) is 11.5. The molecule has 0 atom stereocenters. The van der Waals surface area contributed by atoms with Gasteiger partial charge < -0.3 is 0 Å². The summed E-state index contributed by atoms with van der Waals surface area (Å²) in [5, 5.41) is 0. The summed E-state index contributed by atoms with van der Waals surface area (Å²) in [6.07, 6.45) is 3.90. The van der Waals surface area contributed by atoms with Crippen molar-refractivity contribution in [2.24, 2.45) is 0 Å². The first-order chi connectivity index (χ1) is 6.98. The van der Waals surface area contributed by atoms with Crippen molar-refractivity contribution < 1.29 is 8.42 Å². The molecule has 84 valence electrons. The van der Waals surface area contributed by atoms with Crippen molar-refractivity contribution in [2.45, 2.75) is 15.5 Å². The van der Waals surface area contributed by atoms with Gasteiger partial charge in [-0.3, -0.25) is 0 Å². The van der Waals surface area contributed by atoms with E-state index in [1.807, 2.05) is 24.6 Å². The van der Waals surface area contributed by atoms with E-state index in [1.165, 1.54) is 0 Å². The largest absolute Gasteiger partial charge is 0.236 e. The second kappa shape index (κ2) is 5.48. The molecule has 0 aliphatic rings. The molecule has 0 bridgehead atoms. The highest BCUT2D eigenvalue weighted by atomic mass is 35.7. The van der Waals surface area contributed by atoms with Crippen molar-refractivity contribution in [1.82, 2.24) is 0 Å². The summed E-state index contributed by atoms with van der Waals surface area (Å²) >= 11 is 3.14. The molecular weight excluding hydrogens is 272 g/mol. The van der Waals surface area contributed by atoms with Gasteiger partial charge in [-0.25, -0.2) is 8.42 Å². The number of halogens is 1. The van der Waals surface area contributed by atoms with Gasteiger partial charge in [0.05, 0.1) is 5.75 Å². The van der Waals surface area contributed by atoms with Crippen molar-refractivity contribution in [1.29, 1.82) is 0 Å². The molecule has 0 saturated heterocycles. The molecule has 0 heterocycles. The van der Waals surface area contributed by atoms with E-state index in [4.69, 9.17) is 10.7 Å². The molecule has 0 aliphatic carbocycles. The Hall–Kier alpha value is 0.160. The first-order valence-corrected chi connectivity index (χ1v) is 9.03. The Bertz CT molecular complexity index is 443. The number of hydrogen-bond acceptors (Lipinski definition) is 4. The summed E-state index contributed by atoms with van der Waals surface area (Å²) in [5.74, 6) is -0.112. The van der Waals surface area contributed by atoms with Crippen LogP contribution in [-0.2, 0) is 14.8 Å². The molecule has 1 rings (SSSR count). The van der Waals surface area contributed by atoms with Crippen LogP contribution in [0.5, 0.6) is 0 Å². The summed E-state index contributed by atoms with van der Waals surface area (Å²) in [7, 11) is 1.76. The molecule has 15 heavy (non-hydrogen) atoms. The minimum absolute atomic E-state index is 0.112. The molecule has 0 saturated carbocycles. The van der Waals surface area contributed by atoms with Crippen molar-refractivity contribution in [3.63, 3.8) is 0 Å². The van der Waals surface area contributed by atoms with Crippen molar-refractivity contribution in [2.75, 3.05) is 12.5 Å². The molecule has 0 fully saturated rings. The van der Waals surface area contributed by atoms with E-state index in [9.17, 15) is 8.42 Å².